The van der Waals surface area contributed by atoms with Crippen molar-refractivity contribution in [2.45, 2.75) is 38.1 Å². The van der Waals surface area contributed by atoms with Gasteiger partial charge in [0.1, 0.15) is 25.4 Å². The van der Waals surface area contributed by atoms with E-state index < -0.39 is 24.6 Å². The van der Waals surface area contributed by atoms with Crippen LogP contribution >= 0.6 is 0 Å². The van der Waals surface area contributed by atoms with Crippen molar-refractivity contribution >= 4 is 32.6 Å². The molecule has 1 saturated heterocycles. The fourth-order valence-corrected chi connectivity index (χ4v) is 4.88. The number of aryl methyl sites for hydroxylation is 3. The Labute approximate surface area is 202 Å². The van der Waals surface area contributed by atoms with Gasteiger partial charge in [-0.05, 0) is 23.9 Å². The van der Waals surface area contributed by atoms with Crippen LogP contribution in [0.3, 0.4) is 0 Å². The molecule has 2 aromatic heterocycles. The Kier molecular flexibility index (Phi) is 6.45. The predicted molar refractivity (Wildman–Crippen MR) is 116 cm³/mol. The smallest absolute Gasteiger partial charge is 0.187 e. The molecule has 170 valence electrons. The summed E-state index contributed by atoms with van der Waals surface area (Å²) < 4.78 is 15.8. The van der Waals surface area contributed by atoms with Crippen LogP contribution in [0.4, 0.5) is 0 Å². The maximum atomic E-state index is 10.3. The molecule has 32 heavy (non-hydrogen) atoms. The van der Waals surface area contributed by atoms with Gasteiger partial charge in [-0.1, -0.05) is 18.2 Å². The molecule has 4 unspecified atom stereocenters. The fraction of sp³-hybridized carbons (Fsp3) is 0.375. The van der Waals surface area contributed by atoms with Crippen LogP contribution < -0.4 is 28.5 Å². The van der Waals surface area contributed by atoms with E-state index >= 15 is 0 Å². The van der Waals surface area contributed by atoms with Crippen LogP contribution in [0.2, 0.25) is 0 Å². The molecule has 3 N–H and O–H groups in total. The zero-order valence-corrected chi connectivity index (χ0v) is 20.4. The van der Waals surface area contributed by atoms with Crippen LogP contribution in [0, 0.1) is 6.92 Å². The number of hydrogen-bond donors (Lipinski definition) is 3. The highest BCUT2D eigenvalue weighted by molar-refractivity contribution is 6.16. The van der Waals surface area contributed by atoms with Gasteiger partial charge in [-0.15, -0.1) is 0 Å². The van der Waals surface area contributed by atoms with Gasteiger partial charge in [0.05, 0.1) is 24.1 Å². The minimum Gasteiger partial charge on any atom is -1.00 e. The first-order valence-corrected chi connectivity index (χ1v) is 10.4. The summed E-state index contributed by atoms with van der Waals surface area (Å²) in [5, 5.41) is 34.2. The third-order valence-electron chi connectivity index (χ3n) is 6.48. The SMILES string of the molecule is Cc1c2cc[n+](C)cc2c(COC2OC(CO)C(O)C2O)c2c3ccccc3n(C)c12.[I-]. The van der Waals surface area contributed by atoms with Crippen molar-refractivity contribution in [3.63, 3.8) is 0 Å². The van der Waals surface area contributed by atoms with Crippen molar-refractivity contribution in [3.05, 3.63) is 53.9 Å². The molecule has 8 heteroatoms. The van der Waals surface area contributed by atoms with E-state index in [1.807, 2.05) is 29.9 Å². The van der Waals surface area contributed by atoms with Gasteiger partial charge in [-0.3, -0.25) is 0 Å². The zero-order valence-electron chi connectivity index (χ0n) is 18.2. The van der Waals surface area contributed by atoms with Gasteiger partial charge >= 0.3 is 0 Å². The second-order valence-corrected chi connectivity index (χ2v) is 8.36. The first-order chi connectivity index (χ1) is 14.9. The quantitative estimate of drug-likeness (QED) is 0.215. The summed E-state index contributed by atoms with van der Waals surface area (Å²) in [4.78, 5) is 0. The van der Waals surface area contributed by atoms with Crippen LogP contribution in [-0.2, 0) is 30.2 Å². The predicted octanol–water partition coefficient (Wildman–Crippen LogP) is -1.42. The standard InChI is InChI=1S/C24H27N2O5.HI/c1-13-14-8-9-25(2)10-16(14)17(12-30-24-23(29)22(28)19(11-27)31-24)20-15-6-4-5-7-18(15)26(3)21(13)20;/h4-10,19,22-24,27-29H,11-12H2,1-3H3;1H/q+1;/p-1. The molecule has 4 atom stereocenters. The lowest BCUT2D eigenvalue weighted by Gasteiger charge is -2.18. The summed E-state index contributed by atoms with van der Waals surface area (Å²) in [7, 11) is 4.06. The number of aliphatic hydroxyl groups excluding tert-OH is 3. The van der Waals surface area contributed by atoms with Crippen molar-refractivity contribution in [2.75, 3.05) is 6.61 Å². The number of ether oxygens (including phenoxy) is 2. The van der Waals surface area contributed by atoms with E-state index in [0.717, 1.165) is 38.1 Å². The van der Waals surface area contributed by atoms with Gasteiger partial charge in [0.25, 0.3) is 0 Å². The summed E-state index contributed by atoms with van der Waals surface area (Å²) in [6.07, 6.45) is -0.149. The maximum Gasteiger partial charge on any atom is 0.187 e. The van der Waals surface area contributed by atoms with E-state index in [0.29, 0.717) is 0 Å². The maximum absolute atomic E-state index is 10.3. The Bertz CT molecular complexity index is 1300. The first-order valence-electron chi connectivity index (χ1n) is 10.4. The topological polar surface area (TPSA) is 88.0 Å². The third-order valence-corrected chi connectivity index (χ3v) is 6.48. The van der Waals surface area contributed by atoms with Crippen LogP contribution in [0.15, 0.2) is 42.7 Å². The highest BCUT2D eigenvalue weighted by Crippen LogP contribution is 2.39. The van der Waals surface area contributed by atoms with Gasteiger partial charge in [0.2, 0.25) is 0 Å². The molecule has 1 aliphatic rings. The lowest BCUT2D eigenvalue weighted by Crippen LogP contribution is -3.00. The number of aliphatic hydroxyl groups is 3. The number of halogens is 1. The molecule has 0 bridgehead atoms. The van der Waals surface area contributed by atoms with E-state index in [1.165, 1.54) is 5.56 Å². The summed E-state index contributed by atoms with van der Waals surface area (Å²) >= 11 is 0. The van der Waals surface area contributed by atoms with Crippen molar-refractivity contribution < 1.29 is 53.3 Å². The molecule has 0 saturated carbocycles. The molecule has 0 amide bonds. The normalized spacial score (nSPS) is 23.3. The van der Waals surface area contributed by atoms with Crippen molar-refractivity contribution in [1.29, 1.82) is 0 Å². The minimum atomic E-state index is -1.21. The van der Waals surface area contributed by atoms with Crippen LogP contribution in [-0.4, -0.2) is 51.1 Å². The molecule has 3 heterocycles. The molecule has 2 aromatic carbocycles. The van der Waals surface area contributed by atoms with Crippen LogP contribution in [0.1, 0.15) is 11.1 Å². The highest BCUT2D eigenvalue weighted by atomic mass is 127. The second kappa shape index (κ2) is 8.85. The largest absolute Gasteiger partial charge is 1.00 e. The Morgan fingerprint density at radius 2 is 1.84 bits per heavy atom. The van der Waals surface area contributed by atoms with E-state index in [2.05, 4.69) is 42.9 Å². The minimum absolute atomic E-state index is 0. The summed E-state index contributed by atoms with van der Waals surface area (Å²) in [6.45, 7) is 1.95. The number of para-hydroxylation sites is 1. The summed E-state index contributed by atoms with van der Waals surface area (Å²) in [5.74, 6) is 0. The molecule has 5 rings (SSSR count). The van der Waals surface area contributed by atoms with Gasteiger partial charge in [-0.25, -0.2) is 4.57 Å². The number of nitrogens with zero attached hydrogens (tertiary/aromatic N) is 2. The second-order valence-electron chi connectivity index (χ2n) is 8.36. The van der Waals surface area contributed by atoms with E-state index in [1.54, 1.807) is 0 Å². The van der Waals surface area contributed by atoms with Crippen molar-refractivity contribution in [3.8, 4) is 0 Å². The molecule has 1 fully saturated rings. The van der Waals surface area contributed by atoms with Crippen molar-refractivity contribution in [1.82, 2.24) is 4.57 Å². The van der Waals surface area contributed by atoms with Gasteiger partial charge < -0.3 is 53.3 Å². The van der Waals surface area contributed by atoms with E-state index in [4.69, 9.17) is 9.47 Å². The number of rotatable bonds is 4. The molecule has 0 radical (unpaired) electrons. The fourth-order valence-electron chi connectivity index (χ4n) is 4.88. The average Bonchev–Trinajstić information content (AvgIpc) is 3.22. The van der Waals surface area contributed by atoms with Gasteiger partial charge in [0, 0.05) is 35.0 Å². The first kappa shape index (κ1) is 23.3. The lowest BCUT2D eigenvalue weighted by atomic mass is 9.96. The Hall–Kier alpha value is -1.82. The highest BCUT2D eigenvalue weighted by Gasteiger charge is 2.43. The average molecular weight is 550 g/mol. The Balaban J connectivity index is 0.00000245. The number of hydrogen-bond acceptors (Lipinski definition) is 5. The molecule has 1 aliphatic heterocycles. The number of benzene rings is 2. The van der Waals surface area contributed by atoms with Crippen molar-refractivity contribution in [2.24, 2.45) is 14.1 Å². The molecular formula is C24H27IN2O5. The number of fused-ring (bicyclic) bond motifs is 4. The Morgan fingerprint density at radius 1 is 1.09 bits per heavy atom. The molecule has 0 spiro atoms. The number of aromatic nitrogens is 2. The molecule has 7 nitrogen and oxygen atoms in total. The number of pyridine rings is 1. The summed E-state index contributed by atoms with van der Waals surface area (Å²) in [6, 6.07) is 10.4. The van der Waals surface area contributed by atoms with E-state index in [9.17, 15) is 15.3 Å². The lowest BCUT2D eigenvalue weighted by molar-refractivity contribution is -0.670. The molecule has 0 aliphatic carbocycles. The Morgan fingerprint density at radius 3 is 2.56 bits per heavy atom. The van der Waals surface area contributed by atoms with E-state index in [-0.39, 0.29) is 37.2 Å². The van der Waals surface area contributed by atoms with Gasteiger partial charge in [0.15, 0.2) is 18.7 Å². The zero-order chi connectivity index (χ0) is 21.9. The summed E-state index contributed by atoms with van der Waals surface area (Å²) in [5.41, 5.74) is 4.47. The monoisotopic (exact) mass is 550 g/mol. The van der Waals surface area contributed by atoms with Crippen LogP contribution in [0.5, 0.6) is 0 Å². The molecular weight excluding hydrogens is 523 g/mol. The molecule has 4 aromatic rings. The van der Waals surface area contributed by atoms with Gasteiger partial charge in [-0.2, -0.15) is 0 Å². The van der Waals surface area contributed by atoms with Crippen LogP contribution in [0.25, 0.3) is 32.6 Å². The third kappa shape index (κ3) is 3.49.